The Morgan fingerprint density at radius 1 is 1.04 bits per heavy atom. The normalized spacial score (nSPS) is 10.2. The number of aromatic nitrogens is 1. The number of carbonyl (C=O) groups excluding carboxylic acids is 1. The third kappa shape index (κ3) is 4.92. The molecule has 7 heteroatoms. The van der Waals surface area contributed by atoms with Crippen molar-refractivity contribution in [2.24, 2.45) is 0 Å². The van der Waals surface area contributed by atoms with Gasteiger partial charge in [-0.2, -0.15) is 0 Å². The maximum Gasteiger partial charge on any atom is 0.251 e. The third-order valence-corrected chi connectivity index (χ3v) is 4.31. The molecule has 0 fully saturated rings. The molecule has 2 aromatic carbocycles. The quantitative estimate of drug-likeness (QED) is 0.617. The summed E-state index contributed by atoms with van der Waals surface area (Å²) in [4.78, 5) is 16.7. The van der Waals surface area contributed by atoms with Gasteiger partial charge in [-0.1, -0.05) is 23.7 Å². The molecular weight excluding hydrogens is 378 g/mol. The molecule has 1 heterocycles. The van der Waals surface area contributed by atoms with E-state index in [1.165, 1.54) is 0 Å². The van der Waals surface area contributed by atoms with Gasteiger partial charge in [0.2, 0.25) is 0 Å². The minimum atomic E-state index is -0.196. The fraction of sp³-hybridized carbons (Fsp3) is 0.143. The minimum Gasteiger partial charge on any atom is -0.497 e. The van der Waals surface area contributed by atoms with Gasteiger partial charge in [-0.15, -0.1) is 0 Å². The largest absolute Gasteiger partial charge is 0.497 e. The van der Waals surface area contributed by atoms with Gasteiger partial charge >= 0.3 is 0 Å². The van der Waals surface area contributed by atoms with E-state index in [4.69, 9.17) is 21.1 Å². The Labute approximate surface area is 168 Å². The lowest BCUT2D eigenvalue weighted by Gasteiger charge is -2.13. The number of halogens is 1. The van der Waals surface area contributed by atoms with Crippen molar-refractivity contribution in [1.82, 2.24) is 10.3 Å². The van der Waals surface area contributed by atoms with Crippen LogP contribution in [-0.4, -0.2) is 25.1 Å². The van der Waals surface area contributed by atoms with Gasteiger partial charge in [0.15, 0.2) is 0 Å². The van der Waals surface area contributed by atoms with E-state index >= 15 is 0 Å². The molecule has 0 saturated carbocycles. The molecular formula is C21H20ClN3O3. The second-order valence-corrected chi connectivity index (χ2v) is 6.37. The van der Waals surface area contributed by atoms with E-state index in [0.717, 1.165) is 5.56 Å². The van der Waals surface area contributed by atoms with E-state index in [0.29, 0.717) is 40.1 Å². The van der Waals surface area contributed by atoms with Gasteiger partial charge in [0.05, 0.1) is 19.9 Å². The van der Waals surface area contributed by atoms with Gasteiger partial charge in [0, 0.05) is 29.4 Å². The number of nitrogens with zero attached hydrogens (tertiary/aromatic N) is 1. The summed E-state index contributed by atoms with van der Waals surface area (Å²) < 4.78 is 10.6. The molecule has 0 saturated heterocycles. The number of ether oxygens (including phenoxy) is 2. The average Bonchev–Trinajstić information content (AvgIpc) is 2.73. The Balaban J connectivity index is 1.71. The third-order valence-electron chi connectivity index (χ3n) is 4.06. The zero-order valence-electron chi connectivity index (χ0n) is 15.5. The number of rotatable bonds is 7. The fourth-order valence-electron chi connectivity index (χ4n) is 2.58. The van der Waals surface area contributed by atoms with Gasteiger partial charge in [0.25, 0.3) is 5.91 Å². The smallest absolute Gasteiger partial charge is 0.251 e. The van der Waals surface area contributed by atoms with Crippen molar-refractivity contribution in [3.8, 4) is 11.5 Å². The van der Waals surface area contributed by atoms with E-state index in [-0.39, 0.29) is 5.91 Å². The molecule has 1 aromatic heterocycles. The van der Waals surface area contributed by atoms with Crippen LogP contribution in [0, 0.1) is 0 Å². The topological polar surface area (TPSA) is 72.5 Å². The van der Waals surface area contributed by atoms with E-state index in [2.05, 4.69) is 15.6 Å². The summed E-state index contributed by atoms with van der Waals surface area (Å²) in [5.41, 5.74) is 2.15. The summed E-state index contributed by atoms with van der Waals surface area (Å²) in [6.07, 6.45) is 1.58. The van der Waals surface area contributed by atoms with Crippen LogP contribution in [0.5, 0.6) is 11.5 Å². The van der Waals surface area contributed by atoms with Crippen LogP contribution in [0.3, 0.4) is 0 Å². The van der Waals surface area contributed by atoms with Gasteiger partial charge in [-0.3, -0.25) is 4.79 Å². The van der Waals surface area contributed by atoms with Gasteiger partial charge in [-0.05, 0) is 42.0 Å². The highest BCUT2D eigenvalue weighted by molar-refractivity contribution is 6.30. The summed E-state index contributed by atoms with van der Waals surface area (Å²) in [6.45, 7) is 0.408. The van der Waals surface area contributed by atoms with E-state index in [9.17, 15) is 4.79 Å². The maximum absolute atomic E-state index is 12.5. The molecule has 3 rings (SSSR count). The molecule has 144 valence electrons. The summed E-state index contributed by atoms with van der Waals surface area (Å²) in [5.74, 6) is 1.64. The number of hydrogen-bond acceptors (Lipinski definition) is 5. The van der Waals surface area contributed by atoms with Crippen LogP contribution in [0.15, 0.2) is 60.8 Å². The van der Waals surface area contributed by atoms with E-state index in [1.54, 1.807) is 62.9 Å². The molecule has 0 aliphatic rings. The van der Waals surface area contributed by atoms with Crippen LogP contribution in [0.2, 0.25) is 5.02 Å². The van der Waals surface area contributed by atoms with Crippen LogP contribution in [-0.2, 0) is 6.54 Å². The number of anilines is 2. The molecule has 0 radical (unpaired) electrons. The predicted molar refractivity (Wildman–Crippen MR) is 110 cm³/mol. The Morgan fingerprint density at radius 3 is 2.54 bits per heavy atom. The summed E-state index contributed by atoms with van der Waals surface area (Å²) in [5, 5.41) is 6.71. The fourth-order valence-corrected chi connectivity index (χ4v) is 2.70. The van der Waals surface area contributed by atoms with Crippen LogP contribution in [0.25, 0.3) is 0 Å². The van der Waals surface area contributed by atoms with Crippen molar-refractivity contribution in [2.45, 2.75) is 6.54 Å². The molecule has 1 amide bonds. The Morgan fingerprint density at radius 2 is 1.82 bits per heavy atom. The number of carbonyl (C=O) groups is 1. The molecule has 0 spiro atoms. The first-order chi connectivity index (χ1) is 13.6. The van der Waals surface area contributed by atoms with E-state index in [1.807, 2.05) is 12.1 Å². The predicted octanol–water partition coefficient (Wildman–Crippen LogP) is 4.43. The average molecular weight is 398 g/mol. The Hall–Kier alpha value is -3.25. The molecule has 6 nitrogen and oxygen atoms in total. The number of pyridine rings is 1. The van der Waals surface area contributed by atoms with Gasteiger partial charge in [0.1, 0.15) is 17.3 Å². The lowest BCUT2D eigenvalue weighted by molar-refractivity contribution is 0.0951. The standard InChI is InChI=1S/C21H20ClN3O3/c1-27-17-7-8-19(28-2)18(12-17)25-20-11-15(9-10-23-20)21(26)24-13-14-3-5-16(22)6-4-14/h3-12H,13H2,1-2H3,(H,23,25)(H,24,26). The monoisotopic (exact) mass is 397 g/mol. The van der Waals surface area contributed by atoms with Crippen molar-refractivity contribution in [3.63, 3.8) is 0 Å². The highest BCUT2D eigenvalue weighted by atomic mass is 35.5. The Bertz CT molecular complexity index is 961. The van der Waals surface area contributed by atoms with Gasteiger partial charge in [-0.25, -0.2) is 4.98 Å². The van der Waals surface area contributed by atoms with Gasteiger partial charge < -0.3 is 20.1 Å². The first-order valence-corrected chi connectivity index (χ1v) is 8.94. The zero-order chi connectivity index (χ0) is 19.9. The number of amides is 1. The number of methoxy groups -OCH3 is 2. The summed E-state index contributed by atoms with van der Waals surface area (Å²) in [7, 11) is 3.18. The molecule has 0 atom stereocenters. The van der Waals surface area contributed by atoms with Crippen LogP contribution >= 0.6 is 11.6 Å². The molecule has 0 aliphatic carbocycles. The molecule has 0 bridgehead atoms. The molecule has 0 aliphatic heterocycles. The second-order valence-electron chi connectivity index (χ2n) is 5.93. The lowest BCUT2D eigenvalue weighted by atomic mass is 10.2. The molecule has 0 unspecified atom stereocenters. The highest BCUT2D eigenvalue weighted by Gasteiger charge is 2.10. The van der Waals surface area contributed by atoms with Crippen LogP contribution in [0.1, 0.15) is 15.9 Å². The number of benzene rings is 2. The minimum absolute atomic E-state index is 0.196. The van der Waals surface area contributed by atoms with Crippen molar-refractivity contribution >= 4 is 29.0 Å². The molecule has 3 aromatic rings. The lowest BCUT2D eigenvalue weighted by Crippen LogP contribution is -2.22. The first kappa shape index (κ1) is 19.5. The Kier molecular flexibility index (Phi) is 6.34. The van der Waals surface area contributed by atoms with Crippen LogP contribution < -0.4 is 20.1 Å². The number of hydrogen-bond donors (Lipinski definition) is 2. The second kappa shape index (κ2) is 9.10. The maximum atomic E-state index is 12.5. The molecule has 2 N–H and O–H groups in total. The van der Waals surface area contributed by atoms with E-state index < -0.39 is 0 Å². The van der Waals surface area contributed by atoms with Crippen molar-refractivity contribution in [2.75, 3.05) is 19.5 Å². The van der Waals surface area contributed by atoms with Crippen molar-refractivity contribution in [1.29, 1.82) is 0 Å². The van der Waals surface area contributed by atoms with Crippen molar-refractivity contribution in [3.05, 3.63) is 76.9 Å². The summed E-state index contributed by atoms with van der Waals surface area (Å²) in [6, 6.07) is 16.1. The van der Waals surface area contributed by atoms with Crippen LogP contribution in [0.4, 0.5) is 11.5 Å². The molecule has 28 heavy (non-hydrogen) atoms. The highest BCUT2D eigenvalue weighted by Crippen LogP contribution is 2.31. The first-order valence-electron chi connectivity index (χ1n) is 8.57. The summed E-state index contributed by atoms with van der Waals surface area (Å²) >= 11 is 5.88. The zero-order valence-corrected chi connectivity index (χ0v) is 16.3. The van der Waals surface area contributed by atoms with Crippen molar-refractivity contribution < 1.29 is 14.3 Å². The number of nitrogens with one attached hydrogen (secondary N) is 2. The SMILES string of the molecule is COc1ccc(OC)c(Nc2cc(C(=O)NCc3ccc(Cl)cc3)ccn2)c1.